The van der Waals surface area contributed by atoms with Crippen molar-refractivity contribution in [1.29, 1.82) is 0 Å². The number of para-hydroxylation sites is 1. The van der Waals surface area contributed by atoms with Crippen molar-refractivity contribution in [2.45, 2.75) is 31.5 Å². The minimum Gasteiger partial charge on any atom is -0.496 e. The summed E-state index contributed by atoms with van der Waals surface area (Å²) in [5, 5.41) is 9.22. The number of amides is 1. The van der Waals surface area contributed by atoms with Gasteiger partial charge in [0.1, 0.15) is 11.6 Å². The highest BCUT2D eigenvalue weighted by molar-refractivity contribution is 7.99. The third kappa shape index (κ3) is 4.21. The van der Waals surface area contributed by atoms with Crippen LogP contribution in [-0.4, -0.2) is 58.2 Å². The van der Waals surface area contributed by atoms with Crippen molar-refractivity contribution in [3.05, 3.63) is 36.0 Å². The molecule has 158 valence electrons. The molecule has 1 aliphatic heterocycles. The van der Waals surface area contributed by atoms with E-state index in [1.54, 1.807) is 31.0 Å². The first-order valence-electron chi connectivity index (χ1n) is 10.2. The number of nitrogens with zero attached hydrogens (tertiary/aromatic N) is 5. The minimum absolute atomic E-state index is 0.168. The SMILES string of the molecule is CCSc1nc(N2CCCC2)c2cnn(CCNC(=O)c3ccccc3OC)c2n1. The van der Waals surface area contributed by atoms with Gasteiger partial charge in [0.05, 0.1) is 30.8 Å². The Hall–Kier alpha value is -2.81. The van der Waals surface area contributed by atoms with Crippen LogP contribution < -0.4 is 15.0 Å². The lowest BCUT2D eigenvalue weighted by Gasteiger charge is -2.17. The number of anilines is 1. The van der Waals surface area contributed by atoms with Gasteiger partial charge in [-0.25, -0.2) is 14.6 Å². The summed E-state index contributed by atoms with van der Waals surface area (Å²) >= 11 is 1.63. The van der Waals surface area contributed by atoms with Gasteiger partial charge in [0.15, 0.2) is 10.8 Å². The van der Waals surface area contributed by atoms with Gasteiger partial charge in [-0.3, -0.25) is 4.79 Å². The lowest BCUT2D eigenvalue weighted by Crippen LogP contribution is -2.28. The molecule has 3 aromatic rings. The van der Waals surface area contributed by atoms with Crippen molar-refractivity contribution in [1.82, 2.24) is 25.1 Å². The van der Waals surface area contributed by atoms with E-state index in [0.29, 0.717) is 24.4 Å². The van der Waals surface area contributed by atoms with E-state index in [1.807, 2.05) is 23.0 Å². The number of aromatic nitrogens is 4. The third-order valence-corrected chi connectivity index (χ3v) is 5.82. The molecule has 1 saturated heterocycles. The number of fused-ring (bicyclic) bond motifs is 1. The number of carbonyl (C=O) groups excluding carboxylic acids is 1. The first kappa shape index (κ1) is 20.5. The number of ether oxygens (including phenoxy) is 1. The van der Waals surface area contributed by atoms with Gasteiger partial charge < -0.3 is 15.0 Å². The number of nitrogens with one attached hydrogen (secondary N) is 1. The Bertz CT molecular complexity index is 1030. The van der Waals surface area contributed by atoms with Gasteiger partial charge in [-0.15, -0.1) is 0 Å². The van der Waals surface area contributed by atoms with Gasteiger partial charge in [0.25, 0.3) is 5.91 Å². The van der Waals surface area contributed by atoms with E-state index in [4.69, 9.17) is 14.7 Å². The Kier molecular flexibility index (Phi) is 6.37. The number of hydrogen-bond donors (Lipinski definition) is 1. The molecule has 4 rings (SSSR count). The van der Waals surface area contributed by atoms with E-state index >= 15 is 0 Å². The Labute approximate surface area is 180 Å². The maximum absolute atomic E-state index is 12.5. The van der Waals surface area contributed by atoms with Crippen molar-refractivity contribution in [2.75, 3.05) is 37.4 Å². The maximum Gasteiger partial charge on any atom is 0.255 e. The topological polar surface area (TPSA) is 85.2 Å². The summed E-state index contributed by atoms with van der Waals surface area (Å²) < 4.78 is 7.12. The van der Waals surface area contributed by atoms with E-state index < -0.39 is 0 Å². The van der Waals surface area contributed by atoms with Crippen LogP contribution in [0.5, 0.6) is 5.75 Å². The maximum atomic E-state index is 12.5. The van der Waals surface area contributed by atoms with Crippen LogP contribution in [0.15, 0.2) is 35.6 Å². The van der Waals surface area contributed by atoms with E-state index in [0.717, 1.165) is 40.9 Å². The van der Waals surface area contributed by atoms with Gasteiger partial charge >= 0.3 is 0 Å². The quantitative estimate of drug-likeness (QED) is 0.438. The molecule has 0 aliphatic carbocycles. The first-order chi connectivity index (χ1) is 14.7. The standard InChI is InChI=1S/C21H26N6O2S/c1-3-30-21-24-18(26-11-6-7-12-26)16-14-23-27(19(16)25-21)13-10-22-20(28)15-8-4-5-9-17(15)29-2/h4-5,8-9,14H,3,6-7,10-13H2,1-2H3,(H,22,28). The fraction of sp³-hybridized carbons (Fsp3) is 0.429. The Balaban J connectivity index is 1.52. The molecule has 1 N–H and O–H groups in total. The molecule has 1 amide bonds. The van der Waals surface area contributed by atoms with Crippen LogP contribution in [0.1, 0.15) is 30.1 Å². The molecule has 0 spiro atoms. The average Bonchev–Trinajstić information content (AvgIpc) is 3.44. The van der Waals surface area contributed by atoms with Crippen molar-refractivity contribution >= 4 is 34.5 Å². The predicted octanol–water partition coefficient (Wildman–Crippen LogP) is 2.98. The van der Waals surface area contributed by atoms with E-state index in [-0.39, 0.29) is 5.91 Å². The molecule has 2 aromatic heterocycles. The summed E-state index contributed by atoms with van der Waals surface area (Å²) in [6.07, 6.45) is 4.21. The fourth-order valence-electron chi connectivity index (χ4n) is 3.65. The normalized spacial score (nSPS) is 13.7. The highest BCUT2D eigenvalue weighted by atomic mass is 32.2. The van der Waals surface area contributed by atoms with Crippen LogP contribution in [0, 0.1) is 0 Å². The largest absolute Gasteiger partial charge is 0.496 e. The summed E-state index contributed by atoms with van der Waals surface area (Å²) in [4.78, 5) is 24.4. The first-order valence-corrected chi connectivity index (χ1v) is 11.2. The van der Waals surface area contributed by atoms with Crippen molar-refractivity contribution in [2.24, 2.45) is 0 Å². The smallest absolute Gasteiger partial charge is 0.255 e. The molecule has 0 saturated carbocycles. The molecule has 1 fully saturated rings. The summed E-state index contributed by atoms with van der Waals surface area (Å²) in [5.74, 6) is 2.27. The molecule has 1 aliphatic rings. The number of thioether (sulfide) groups is 1. The zero-order valence-corrected chi connectivity index (χ0v) is 18.1. The Morgan fingerprint density at radius 1 is 1.23 bits per heavy atom. The van der Waals surface area contributed by atoms with Crippen LogP contribution in [0.25, 0.3) is 11.0 Å². The van der Waals surface area contributed by atoms with Crippen molar-refractivity contribution in [3.63, 3.8) is 0 Å². The molecule has 9 heteroatoms. The van der Waals surface area contributed by atoms with E-state index in [1.165, 1.54) is 12.8 Å². The fourth-order valence-corrected chi connectivity index (χ4v) is 4.21. The molecule has 0 bridgehead atoms. The molecule has 3 heterocycles. The monoisotopic (exact) mass is 426 g/mol. The number of carbonyl (C=O) groups is 1. The molecule has 0 radical (unpaired) electrons. The number of benzene rings is 1. The highest BCUT2D eigenvalue weighted by Gasteiger charge is 2.21. The van der Waals surface area contributed by atoms with Crippen LogP contribution >= 0.6 is 11.8 Å². The second-order valence-electron chi connectivity index (χ2n) is 7.02. The average molecular weight is 427 g/mol. The number of rotatable bonds is 8. The van der Waals surface area contributed by atoms with Gasteiger partial charge in [-0.05, 0) is 30.7 Å². The zero-order valence-electron chi connectivity index (χ0n) is 17.3. The van der Waals surface area contributed by atoms with Gasteiger partial charge in [-0.2, -0.15) is 5.10 Å². The number of methoxy groups -OCH3 is 1. The predicted molar refractivity (Wildman–Crippen MR) is 118 cm³/mol. The highest BCUT2D eigenvalue weighted by Crippen LogP contribution is 2.29. The molecular weight excluding hydrogens is 400 g/mol. The van der Waals surface area contributed by atoms with Crippen LogP contribution in [-0.2, 0) is 6.54 Å². The number of hydrogen-bond acceptors (Lipinski definition) is 7. The second kappa shape index (κ2) is 9.34. The summed E-state index contributed by atoms with van der Waals surface area (Å²) in [6.45, 7) is 5.09. The summed E-state index contributed by atoms with van der Waals surface area (Å²) in [6, 6.07) is 7.19. The second-order valence-corrected chi connectivity index (χ2v) is 8.25. The summed E-state index contributed by atoms with van der Waals surface area (Å²) in [7, 11) is 1.56. The van der Waals surface area contributed by atoms with Crippen molar-refractivity contribution < 1.29 is 9.53 Å². The van der Waals surface area contributed by atoms with Gasteiger partial charge in [-0.1, -0.05) is 30.8 Å². The Morgan fingerprint density at radius 2 is 2.03 bits per heavy atom. The molecule has 0 unspecified atom stereocenters. The third-order valence-electron chi connectivity index (χ3n) is 5.10. The zero-order chi connectivity index (χ0) is 20.9. The van der Waals surface area contributed by atoms with Crippen molar-refractivity contribution in [3.8, 4) is 5.75 Å². The molecule has 1 aromatic carbocycles. The molecule has 0 atom stereocenters. The minimum atomic E-state index is -0.168. The van der Waals surface area contributed by atoms with Crippen LogP contribution in [0.4, 0.5) is 5.82 Å². The summed E-state index contributed by atoms with van der Waals surface area (Å²) in [5.41, 5.74) is 1.33. The van der Waals surface area contributed by atoms with Gasteiger partial charge in [0, 0.05) is 19.6 Å². The Morgan fingerprint density at radius 3 is 2.80 bits per heavy atom. The molecular formula is C21H26N6O2S. The van der Waals surface area contributed by atoms with E-state index in [9.17, 15) is 4.79 Å². The van der Waals surface area contributed by atoms with Gasteiger partial charge in [0.2, 0.25) is 0 Å². The lowest BCUT2D eigenvalue weighted by molar-refractivity contribution is 0.0949. The lowest BCUT2D eigenvalue weighted by atomic mass is 10.2. The molecule has 8 nitrogen and oxygen atoms in total. The molecule has 30 heavy (non-hydrogen) atoms. The van der Waals surface area contributed by atoms with Crippen LogP contribution in [0.2, 0.25) is 0 Å². The van der Waals surface area contributed by atoms with Crippen LogP contribution in [0.3, 0.4) is 0 Å². The van der Waals surface area contributed by atoms with E-state index in [2.05, 4.69) is 22.2 Å².